The maximum Gasteiger partial charge on any atom is 0.135 e. The first-order valence-electron chi connectivity index (χ1n) is 14.3. The Bertz CT molecular complexity index is 2180. The summed E-state index contributed by atoms with van der Waals surface area (Å²) in [6.07, 6.45) is 0. The van der Waals surface area contributed by atoms with Crippen LogP contribution in [0, 0.1) is 0 Å². The van der Waals surface area contributed by atoms with Crippen LogP contribution in [0.1, 0.15) is 23.6 Å². The average Bonchev–Trinajstić information content (AvgIpc) is 3.28. The lowest BCUT2D eigenvalue weighted by molar-refractivity contribution is 0.487. The van der Waals surface area contributed by atoms with Gasteiger partial charge in [-0.25, -0.2) is 0 Å². The SMILES string of the molecule is CC1(c2ccccc2)c2cc(-c3ccc4c(c3)-c3cccc5cccc(c35)O4)ccc2-c2cc3ccccc3cc21. The predicted molar refractivity (Wildman–Crippen MR) is 170 cm³/mol. The molecule has 1 nitrogen and oxygen atoms in total. The summed E-state index contributed by atoms with van der Waals surface area (Å²) in [6.45, 7) is 2.39. The molecule has 1 atom stereocenters. The van der Waals surface area contributed by atoms with Crippen LogP contribution in [0.4, 0.5) is 0 Å². The van der Waals surface area contributed by atoms with E-state index in [1.54, 1.807) is 0 Å². The normalized spacial score (nSPS) is 16.2. The Kier molecular flexibility index (Phi) is 4.52. The number of benzene rings is 7. The second-order valence-electron chi connectivity index (χ2n) is 11.5. The van der Waals surface area contributed by atoms with Crippen LogP contribution >= 0.6 is 0 Å². The third-order valence-electron chi connectivity index (χ3n) is 9.31. The van der Waals surface area contributed by atoms with E-state index in [2.05, 4.69) is 146 Å². The van der Waals surface area contributed by atoms with Crippen LogP contribution in [0.25, 0.3) is 54.9 Å². The van der Waals surface area contributed by atoms with Gasteiger partial charge in [-0.3, -0.25) is 0 Å². The summed E-state index contributed by atoms with van der Waals surface area (Å²) in [4.78, 5) is 0. The lowest BCUT2D eigenvalue weighted by Gasteiger charge is -2.29. The van der Waals surface area contributed by atoms with Gasteiger partial charge in [0.05, 0.1) is 0 Å². The molecule has 0 saturated heterocycles. The molecular weight excluding hydrogens is 496 g/mol. The second-order valence-corrected chi connectivity index (χ2v) is 11.5. The Morgan fingerprint density at radius 3 is 1.98 bits per heavy atom. The first-order valence-corrected chi connectivity index (χ1v) is 14.3. The van der Waals surface area contributed by atoms with Crippen LogP contribution in [0.15, 0.2) is 140 Å². The van der Waals surface area contributed by atoms with Crippen molar-refractivity contribution >= 4 is 21.5 Å². The van der Waals surface area contributed by atoms with Crippen molar-refractivity contribution in [2.75, 3.05) is 0 Å². The van der Waals surface area contributed by atoms with Crippen LogP contribution in [0.5, 0.6) is 11.5 Å². The van der Waals surface area contributed by atoms with Crippen molar-refractivity contribution in [2.24, 2.45) is 0 Å². The third kappa shape index (κ3) is 3.12. The molecule has 192 valence electrons. The summed E-state index contributed by atoms with van der Waals surface area (Å²) < 4.78 is 6.39. The monoisotopic (exact) mass is 522 g/mol. The molecule has 0 spiro atoms. The molecule has 1 heterocycles. The lowest BCUT2D eigenvalue weighted by Crippen LogP contribution is -2.22. The van der Waals surface area contributed by atoms with Crippen molar-refractivity contribution in [3.8, 4) is 44.9 Å². The van der Waals surface area contributed by atoms with Crippen LogP contribution < -0.4 is 4.74 Å². The van der Waals surface area contributed by atoms with Gasteiger partial charge >= 0.3 is 0 Å². The fourth-order valence-corrected chi connectivity index (χ4v) is 7.22. The molecule has 7 aromatic carbocycles. The molecule has 0 amide bonds. The highest BCUT2D eigenvalue weighted by atomic mass is 16.5. The summed E-state index contributed by atoms with van der Waals surface area (Å²) in [5.74, 6) is 1.84. The molecule has 0 bridgehead atoms. The summed E-state index contributed by atoms with van der Waals surface area (Å²) >= 11 is 0. The van der Waals surface area contributed by atoms with Crippen LogP contribution in [-0.2, 0) is 5.41 Å². The van der Waals surface area contributed by atoms with E-state index in [4.69, 9.17) is 4.74 Å². The van der Waals surface area contributed by atoms with Crippen molar-refractivity contribution in [3.63, 3.8) is 0 Å². The van der Waals surface area contributed by atoms with Gasteiger partial charge in [0.1, 0.15) is 11.5 Å². The molecule has 1 unspecified atom stereocenters. The van der Waals surface area contributed by atoms with Gasteiger partial charge in [-0.05, 0) is 104 Å². The minimum atomic E-state index is -0.256. The second kappa shape index (κ2) is 8.19. The molecule has 41 heavy (non-hydrogen) atoms. The Morgan fingerprint density at radius 2 is 1.12 bits per heavy atom. The number of fused-ring (bicyclic) bond motifs is 6. The first-order chi connectivity index (χ1) is 20.2. The molecule has 9 rings (SSSR count). The van der Waals surface area contributed by atoms with E-state index >= 15 is 0 Å². The van der Waals surface area contributed by atoms with Crippen molar-refractivity contribution < 1.29 is 4.74 Å². The minimum absolute atomic E-state index is 0.256. The standard InChI is InChI=1S/C40H26O/c1-40(30-13-3-2-4-14-30)35-24-29(17-19-31(35)33-21-26-9-5-6-10-27(26)23-36(33)40)28-18-20-37-34(22-28)32-15-7-11-25-12-8-16-38(41-37)39(25)32/h2-24H,1H3. The number of hydrogen-bond acceptors (Lipinski definition) is 1. The van der Waals surface area contributed by atoms with Crippen LogP contribution in [-0.4, -0.2) is 0 Å². The van der Waals surface area contributed by atoms with Gasteiger partial charge < -0.3 is 4.74 Å². The fraction of sp³-hybridized carbons (Fsp3) is 0.0500. The van der Waals surface area contributed by atoms with Gasteiger partial charge in [0.15, 0.2) is 0 Å². The molecule has 1 aliphatic heterocycles. The van der Waals surface area contributed by atoms with Gasteiger partial charge in [-0.15, -0.1) is 0 Å². The molecule has 1 aliphatic carbocycles. The quantitative estimate of drug-likeness (QED) is 0.219. The van der Waals surface area contributed by atoms with E-state index in [0.29, 0.717) is 0 Å². The van der Waals surface area contributed by atoms with Crippen molar-refractivity contribution in [3.05, 3.63) is 156 Å². The highest BCUT2D eigenvalue weighted by Gasteiger charge is 2.41. The summed E-state index contributed by atoms with van der Waals surface area (Å²) in [6, 6.07) is 50.9. The molecule has 2 aliphatic rings. The third-order valence-corrected chi connectivity index (χ3v) is 9.31. The zero-order valence-corrected chi connectivity index (χ0v) is 22.7. The summed E-state index contributed by atoms with van der Waals surface area (Å²) in [7, 11) is 0. The Labute approximate surface area is 239 Å². The van der Waals surface area contributed by atoms with E-state index in [9.17, 15) is 0 Å². The first kappa shape index (κ1) is 22.7. The van der Waals surface area contributed by atoms with Crippen molar-refractivity contribution in [2.45, 2.75) is 12.3 Å². The van der Waals surface area contributed by atoms with E-state index in [0.717, 1.165) is 17.1 Å². The van der Waals surface area contributed by atoms with E-state index in [1.165, 1.54) is 66.1 Å². The zero-order chi connectivity index (χ0) is 27.1. The Hall–Kier alpha value is -5.14. The molecular formula is C40H26O. The highest BCUT2D eigenvalue weighted by molar-refractivity contribution is 6.04. The summed E-state index contributed by atoms with van der Waals surface area (Å²) in [5.41, 5.74) is 11.2. The van der Waals surface area contributed by atoms with Gasteiger partial charge in [0.2, 0.25) is 0 Å². The zero-order valence-electron chi connectivity index (χ0n) is 22.7. The predicted octanol–water partition coefficient (Wildman–Crippen LogP) is 10.8. The molecule has 0 N–H and O–H groups in total. The van der Waals surface area contributed by atoms with E-state index in [1.807, 2.05) is 0 Å². The maximum atomic E-state index is 6.39. The van der Waals surface area contributed by atoms with Gasteiger partial charge in [-0.2, -0.15) is 0 Å². The Morgan fingerprint density at radius 1 is 0.439 bits per heavy atom. The molecule has 0 aromatic heterocycles. The van der Waals surface area contributed by atoms with E-state index < -0.39 is 0 Å². The average molecular weight is 523 g/mol. The van der Waals surface area contributed by atoms with Gasteiger partial charge in [0, 0.05) is 16.4 Å². The highest BCUT2D eigenvalue weighted by Crippen LogP contribution is 2.54. The minimum Gasteiger partial charge on any atom is -0.456 e. The maximum absolute atomic E-state index is 6.39. The van der Waals surface area contributed by atoms with Gasteiger partial charge in [-0.1, -0.05) is 103 Å². The smallest absolute Gasteiger partial charge is 0.135 e. The van der Waals surface area contributed by atoms with Crippen molar-refractivity contribution in [1.29, 1.82) is 0 Å². The van der Waals surface area contributed by atoms with Crippen LogP contribution in [0.2, 0.25) is 0 Å². The number of rotatable bonds is 2. The Balaban J connectivity index is 1.26. The lowest BCUT2D eigenvalue weighted by atomic mass is 9.73. The molecule has 0 saturated carbocycles. The molecule has 0 radical (unpaired) electrons. The number of hydrogen-bond donors (Lipinski definition) is 0. The largest absolute Gasteiger partial charge is 0.456 e. The van der Waals surface area contributed by atoms with Crippen molar-refractivity contribution in [1.82, 2.24) is 0 Å². The summed E-state index contributed by atoms with van der Waals surface area (Å²) in [5, 5.41) is 4.96. The van der Waals surface area contributed by atoms with Crippen LogP contribution in [0.3, 0.4) is 0 Å². The number of ether oxygens (including phenoxy) is 1. The molecule has 7 aromatic rings. The fourth-order valence-electron chi connectivity index (χ4n) is 7.22. The van der Waals surface area contributed by atoms with Gasteiger partial charge in [0.25, 0.3) is 0 Å². The topological polar surface area (TPSA) is 9.23 Å². The molecule has 1 heteroatoms. The molecule has 0 fully saturated rings. The van der Waals surface area contributed by atoms with E-state index in [-0.39, 0.29) is 5.41 Å².